The molecule has 0 unspecified atom stereocenters. The third-order valence-electron chi connectivity index (χ3n) is 5.20. The molecule has 0 fully saturated rings. The van der Waals surface area contributed by atoms with E-state index in [2.05, 4.69) is 15.0 Å². The van der Waals surface area contributed by atoms with Crippen LogP contribution in [-0.4, -0.2) is 38.9 Å². The third-order valence-corrected chi connectivity index (χ3v) is 8.13. The molecule has 1 N–H and O–H groups in total. The number of Topliss-reactive ketones (excluding diaryl/α,β-unsaturated/α-hetero) is 2. The van der Waals surface area contributed by atoms with Gasteiger partial charge in [-0.3, -0.25) is 14.6 Å². The lowest BCUT2D eigenvalue weighted by molar-refractivity contribution is 0.0984. The van der Waals surface area contributed by atoms with Crippen molar-refractivity contribution in [1.29, 1.82) is 0 Å². The smallest absolute Gasteiger partial charge is 0.194 e. The molecule has 3 aromatic heterocycles. The molecule has 0 saturated carbocycles. The number of rotatable bonds is 9. The van der Waals surface area contributed by atoms with Gasteiger partial charge in [-0.2, -0.15) is 0 Å². The van der Waals surface area contributed by atoms with Crippen molar-refractivity contribution < 1.29 is 14.7 Å². The van der Waals surface area contributed by atoms with Gasteiger partial charge in [-0.05, 0) is 49.2 Å². The van der Waals surface area contributed by atoms with Gasteiger partial charge in [0.05, 0.1) is 24.7 Å². The molecule has 0 bridgehead atoms. The van der Waals surface area contributed by atoms with Crippen molar-refractivity contribution in [3.63, 3.8) is 0 Å². The minimum absolute atomic E-state index is 0.0367. The maximum absolute atomic E-state index is 12.7. The number of halogens is 2. The van der Waals surface area contributed by atoms with Gasteiger partial charge in [0.25, 0.3) is 0 Å². The van der Waals surface area contributed by atoms with Crippen LogP contribution >= 0.6 is 45.9 Å². The summed E-state index contributed by atoms with van der Waals surface area (Å²) in [5, 5.41) is 13.3. The summed E-state index contributed by atoms with van der Waals surface area (Å²) in [5.74, 6) is -0.149. The second-order valence-electron chi connectivity index (χ2n) is 7.57. The van der Waals surface area contributed by atoms with Gasteiger partial charge >= 0.3 is 0 Å². The fourth-order valence-electron chi connectivity index (χ4n) is 3.27. The lowest BCUT2D eigenvalue weighted by Gasteiger charge is -2.03. The zero-order valence-corrected chi connectivity index (χ0v) is 21.6. The van der Waals surface area contributed by atoms with E-state index in [1.165, 1.54) is 29.0 Å². The number of thiophene rings is 2. The molecule has 6 nitrogen and oxygen atoms in total. The molecule has 0 aliphatic rings. The Kier molecular flexibility index (Phi) is 8.07. The molecular formula is C25H19Cl2N3O3S2. The first-order chi connectivity index (χ1) is 16.8. The van der Waals surface area contributed by atoms with Gasteiger partial charge in [0, 0.05) is 35.0 Å². The number of aromatic hydroxyl groups is 1. The number of hydrogen-bond donors (Lipinski definition) is 1. The number of carbonyl (C=O) groups is 2. The van der Waals surface area contributed by atoms with Crippen LogP contribution in [0.4, 0.5) is 0 Å². The Labute approximate surface area is 219 Å². The molecule has 1 aromatic carbocycles. The van der Waals surface area contributed by atoms with Crippen LogP contribution in [0.2, 0.25) is 10.0 Å². The van der Waals surface area contributed by atoms with Crippen molar-refractivity contribution in [2.45, 2.75) is 19.8 Å². The van der Waals surface area contributed by atoms with E-state index in [1.807, 2.05) is 0 Å². The van der Waals surface area contributed by atoms with E-state index in [9.17, 15) is 14.7 Å². The predicted octanol–water partition coefficient (Wildman–Crippen LogP) is 6.79. The third kappa shape index (κ3) is 6.02. The second kappa shape index (κ2) is 11.2. The van der Waals surface area contributed by atoms with Gasteiger partial charge in [0.1, 0.15) is 18.6 Å². The molecule has 4 rings (SSSR count). The van der Waals surface area contributed by atoms with E-state index in [1.54, 1.807) is 54.9 Å². The Morgan fingerprint density at radius 2 is 1.83 bits per heavy atom. The summed E-state index contributed by atoms with van der Waals surface area (Å²) in [6, 6.07) is 10.2. The molecule has 0 amide bonds. The normalized spacial score (nSPS) is 11.6. The van der Waals surface area contributed by atoms with Gasteiger partial charge in [-0.1, -0.05) is 29.3 Å². The molecule has 35 heavy (non-hydrogen) atoms. The van der Waals surface area contributed by atoms with E-state index in [0.717, 1.165) is 11.3 Å². The highest BCUT2D eigenvalue weighted by Crippen LogP contribution is 2.40. The number of aromatic nitrogens is 2. The standard InChI is InChI=1S/C25H19Cl2N3O3S2/c1-14(17-12-34-25(24(17)33)15-2-4-18(26)19(27)10-15)29-11-21(32)23-7-6-22(35-23)20(31)5-3-16-8-9-28-13-30-16/h2,4,6-10,12-13,33H,3,5,11H2,1H3. The van der Waals surface area contributed by atoms with Crippen LogP contribution in [0.3, 0.4) is 0 Å². The van der Waals surface area contributed by atoms with Crippen molar-refractivity contribution in [3.8, 4) is 16.2 Å². The molecule has 0 radical (unpaired) electrons. The molecular weight excluding hydrogens is 525 g/mol. The number of carbonyl (C=O) groups excluding carboxylic acids is 2. The highest BCUT2D eigenvalue weighted by Gasteiger charge is 2.17. The summed E-state index contributed by atoms with van der Waals surface area (Å²) < 4.78 is 0. The zero-order valence-electron chi connectivity index (χ0n) is 18.5. The lowest BCUT2D eigenvalue weighted by atomic mass is 10.1. The van der Waals surface area contributed by atoms with Crippen molar-refractivity contribution in [2.75, 3.05) is 6.54 Å². The molecule has 0 aliphatic heterocycles. The fraction of sp³-hybridized carbons (Fsp3) is 0.160. The number of nitrogens with zero attached hydrogens (tertiary/aromatic N) is 3. The van der Waals surface area contributed by atoms with E-state index in [-0.39, 0.29) is 23.9 Å². The maximum Gasteiger partial charge on any atom is 0.194 e. The number of benzene rings is 1. The van der Waals surface area contributed by atoms with Gasteiger partial charge in [0.15, 0.2) is 11.6 Å². The van der Waals surface area contributed by atoms with Crippen molar-refractivity contribution >= 4 is 63.2 Å². The average Bonchev–Trinajstić information content (AvgIpc) is 3.51. The highest BCUT2D eigenvalue weighted by atomic mass is 35.5. The Hall–Kier alpha value is -2.91. The SMILES string of the molecule is CC(=NCC(=O)c1ccc(C(=O)CCc2ccncn2)s1)c1csc(-c2ccc(Cl)c(Cl)c2)c1O. The van der Waals surface area contributed by atoms with E-state index in [0.29, 0.717) is 48.8 Å². The first-order valence-electron chi connectivity index (χ1n) is 10.5. The molecule has 10 heteroatoms. The van der Waals surface area contributed by atoms with Crippen LogP contribution in [0.25, 0.3) is 10.4 Å². The first-order valence-corrected chi connectivity index (χ1v) is 13.0. The van der Waals surface area contributed by atoms with Crippen LogP contribution in [0.5, 0.6) is 5.75 Å². The lowest BCUT2D eigenvalue weighted by Crippen LogP contribution is -2.04. The molecule has 3 heterocycles. The van der Waals surface area contributed by atoms with Crippen molar-refractivity contribution in [2.24, 2.45) is 4.99 Å². The summed E-state index contributed by atoms with van der Waals surface area (Å²) >= 11 is 14.6. The molecule has 178 valence electrons. The number of hydrogen-bond acceptors (Lipinski definition) is 8. The Morgan fingerprint density at radius 3 is 2.54 bits per heavy atom. The van der Waals surface area contributed by atoms with E-state index in [4.69, 9.17) is 23.2 Å². The molecule has 0 atom stereocenters. The van der Waals surface area contributed by atoms with Crippen LogP contribution in [0, 0.1) is 0 Å². The molecule has 0 spiro atoms. The number of ketones is 2. The quantitative estimate of drug-likeness (QED) is 0.185. The highest BCUT2D eigenvalue weighted by molar-refractivity contribution is 7.16. The van der Waals surface area contributed by atoms with E-state index < -0.39 is 0 Å². The van der Waals surface area contributed by atoms with Crippen molar-refractivity contribution in [3.05, 3.63) is 85.4 Å². The van der Waals surface area contributed by atoms with Gasteiger partial charge < -0.3 is 5.11 Å². The second-order valence-corrected chi connectivity index (χ2v) is 10.3. The summed E-state index contributed by atoms with van der Waals surface area (Å²) in [7, 11) is 0. The summed E-state index contributed by atoms with van der Waals surface area (Å²) in [5.41, 5.74) is 2.63. The molecule has 4 aromatic rings. The molecule has 0 saturated heterocycles. The summed E-state index contributed by atoms with van der Waals surface area (Å²) in [4.78, 5) is 39.2. The van der Waals surface area contributed by atoms with Crippen LogP contribution in [0.1, 0.15) is 43.9 Å². The Morgan fingerprint density at radius 1 is 1.06 bits per heavy atom. The largest absolute Gasteiger partial charge is 0.506 e. The Bertz CT molecular complexity index is 1410. The fourth-order valence-corrected chi connectivity index (χ4v) is 5.48. The Balaban J connectivity index is 1.40. The zero-order chi connectivity index (χ0) is 24.9. The van der Waals surface area contributed by atoms with Crippen LogP contribution in [0.15, 0.2) is 59.3 Å². The average molecular weight is 544 g/mol. The van der Waals surface area contributed by atoms with Crippen LogP contribution in [-0.2, 0) is 6.42 Å². The maximum atomic E-state index is 12.7. The molecule has 0 aliphatic carbocycles. The summed E-state index contributed by atoms with van der Waals surface area (Å²) in [6.07, 6.45) is 3.91. The van der Waals surface area contributed by atoms with Gasteiger partial charge in [-0.25, -0.2) is 9.97 Å². The minimum Gasteiger partial charge on any atom is -0.506 e. The monoisotopic (exact) mass is 543 g/mol. The number of aryl methyl sites for hydroxylation is 1. The minimum atomic E-state index is -0.191. The van der Waals surface area contributed by atoms with Crippen molar-refractivity contribution in [1.82, 2.24) is 9.97 Å². The number of aliphatic imine (C=N–C) groups is 1. The first kappa shape index (κ1) is 25.2. The van der Waals surface area contributed by atoms with Gasteiger partial charge in [-0.15, -0.1) is 22.7 Å². The van der Waals surface area contributed by atoms with E-state index >= 15 is 0 Å². The van der Waals surface area contributed by atoms with Crippen LogP contribution < -0.4 is 0 Å². The summed E-state index contributed by atoms with van der Waals surface area (Å²) in [6.45, 7) is 1.66. The van der Waals surface area contributed by atoms with Gasteiger partial charge in [0.2, 0.25) is 0 Å². The topological polar surface area (TPSA) is 92.5 Å². The predicted molar refractivity (Wildman–Crippen MR) is 142 cm³/mol.